The second-order valence-electron chi connectivity index (χ2n) is 2.71. The zero-order chi connectivity index (χ0) is 12.5. The molecule has 0 aliphatic rings. The van der Waals surface area contributed by atoms with Crippen molar-refractivity contribution in [2.45, 2.75) is 12.6 Å². The highest BCUT2D eigenvalue weighted by Gasteiger charge is 2.38. The van der Waals surface area contributed by atoms with Crippen molar-refractivity contribution in [3.63, 3.8) is 0 Å². The lowest BCUT2D eigenvalue weighted by molar-refractivity contribution is -0.139. The van der Waals surface area contributed by atoms with Gasteiger partial charge in [-0.1, -0.05) is 0 Å². The van der Waals surface area contributed by atoms with Gasteiger partial charge in [0.1, 0.15) is 15.0 Å². The fourth-order valence-corrected chi connectivity index (χ4v) is 1.72. The van der Waals surface area contributed by atoms with Crippen LogP contribution in [0.1, 0.15) is 17.6 Å². The van der Waals surface area contributed by atoms with Gasteiger partial charge in [0.25, 0.3) is 6.43 Å². The normalized spacial score (nSPS) is 12.0. The van der Waals surface area contributed by atoms with Crippen molar-refractivity contribution in [1.29, 1.82) is 0 Å². The van der Waals surface area contributed by atoms with Crippen molar-refractivity contribution in [3.8, 4) is 5.75 Å². The van der Waals surface area contributed by atoms with Gasteiger partial charge in [0, 0.05) is 6.20 Å². The second-order valence-corrected chi connectivity index (χ2v) is 3.73. The molecule has 1 aromatic rings. The van der Waals surface area contributed by atoms with Crippen LogP contribution in [0.25, 0.3) is 0 Å². The zero-order valence-corrected chi connectivity index (χ0v) is 9.94. The van der Waals surface area contributed by atoms with Crippen LogP contribution in [-0.2, 0) is 6.18 Å². The average Bonchev–Trinajstić information content (AvgIpc) is 2.14. The Hall–Kier alpha value is -0.670. The summed E-state index contributed by atoms with van der Waals surface area (Å²) in [4.78, 5) is 3.28. The van der Waals surface area contributed by atoms with Crippen LogP contribution < -0.4 is 4.74 Å². The molecule has 0 saturated carbocycles. The standard InChI is InChI=1S/C8H5F5INO/c1-16-5-3(8(11,12)13)2-15-7(14)4(5)6(9)10/h2,6H,1H3. The molecule has 0 amide bonds. The van der Waals surface area contributed by atoms with Crippen LogP contribution in [0.15, 0.2) is 6.20 Å². The minimum absolute atomic E-state index is 0.211. The average molecular weight is 353 g/mol. The summed E-state index contributed by atoms with van der Waals surface area (Å²) in [6, 6.07) is 0. The maximum absolute atomic E-state index is 12.6. The molecule has 0 spiro atoms. The molecule has 2 nitrogen and oxygen atoms in total. The number of ether oxygens (including phenoxy) is 1. The largest absolute Gasteiger partial charge is 0.495 e. The lowest BCUT2D eigenvalue weighted by Crippen LogP contribution is -2.11. The fraction of sp³-hybridized carbons (Fsp3) is 0.375. The Morgan fingerprint density at radius 2 is 1.94 bits per heavy atom. The number of halogens is 6. The second kappa shape index (κ2) is 4.68. The molecule has 1 rings (SSSR count). The minimum atomic E-state index is -4.77. The van der Waals surface area contributed by atoms with Crippen LogP contribution in [0, 0.1) is 3.70 Å². The molecule has 0 atom stereocenters. The van der Waals surface area contributed by atoms with Crippen molar-refractivity contribution in [3.05, 3.63) is 21.0 Å². The number of nitrogens with zero attached hydrogens (tertiary/aromatic N) is 1. The third-order valence-corrected chi connectivity index (χ3v) is 2.61. The van der Waals surface area contributed by atoms with Crippen molar-refractivity contribution >= 4 is 22.6 Å². The van der Waals surface area contributed by atoms with Crippen LogP contribution in [0.3, 0.4) is 0 Å². The van der Waals surface area contributed by atoms with Crippen molar-refractivity contribution in [2.24, 2.45) is 0 Å². The molecule has 0 radical (unpaired) electrons. The van der Waals surface area contributed by atoms with Crippen LogP contribution in [0.2, 0.25) is 0 Å². The summed E-state index contributed by atoms with van der Waals surface area (Å²) in [5.41, 5.74) is -2.14. The van der Waals surface area contributed by atoms with Crippen molar-refractivity contribution < 1.29 is 26.7 Å². The Bertz CT molecular complexity index is 393. The Balaban J connectivity index is 3.49. The first kappa shape index (κ1) is 13.4. The molecule has 0 unspecified atom stereocenters. The highest BCUT2D eigenvalue weighted by Crippen LogP contribution is 2.41. The van der Waals surface area contributed by atoms with E-state index < -0.39 is 29.5 Å². The molecule has 0 aliphatic heterocycles. The van der Waals surface area contributed by atoms with Gasteiger partial charge in [-0.3, -0.25) is 0 Å². The molecule has 0 fully saturated rings. The first-order valence-electron chi connectivity index (χ1n) is 3.86. The van der Waals surface area contributed by atoms with E-state index in [2.05, 4.69) is 9.72 Å². The minimum Gasteiger partial charge on any atom is -0.495 e. The number of methoxy groups -OCH3 is 1. The van der Waals surface area contributed by atoms with Gasteiger partial charge >= 0.3 is 6.18 Å². The molecule has 0 aromatic carbocycles. The van der Waals surface area contributed by atoms with E-state index in [1.807, 2.05) is 0 Å². The molecule has 16 heavy (non-hydrogen) atoms. The summed E-state index contributed by atoms with van der Waals surface area (Å²) in [6.07, 6.45) is -7.37. The molecule has 0 bridgehead atoms. The number of alkyl halides is 5. The van der Waals surface area contributed by atoms with Crippen LogP contribution >= 0.6 is 22.6 Å². The maximum Gasteiger partial charge on any atom is 0.421 e. The predicted octanol–water partition coefficient (Wildman–Crippen LogP) is 3.65. The van der Waals surface area contributed by atoms with Crippen molar-refractivity contribution in [2.75, 3.05) is 7.11 Å². The van der Waals surface area contributed by atoms with Gasteiger partial charge < -0.3 is 4.74 Å². The summed E-state index contributed by atoms with van der Waals surface area (Å²) in [6.45, 7) is 0. The third kappa shape index (κ3) is 2.53. The Labute approximate surface area is 101 Å². The van der Waals surface area contributed by atoms with E-state index in [-0.39, 0.29) is 3.70 Å². The summed E-state index contributed by atoms with van der Waals surface area (Å²) in [5.74, 6) is -0.873. The SMILES string of the molecule is COc1c(C(F)(F)F)cnc(I)c1C(F)F. The molecule has 1 aromatic heterocycles. The van der Waals surface area contributed by atoms with E-state index in [4.69, 9.17) is 0 Å². The first-order valence-corrected chi connectivity index (χ1v) is 4.94. The molecule has 0 aliphatic carbocycles. The van der Waals surface area contributed by atoms with E-state index in [0.29, 0.717) is 6.20 Å². The predicted molar refractivity (Wildman–Crippen MR) is 53.5 cm³/mol. The van der Waals surface area contributed by atoms with Gasteiger partial charge in [0.15, 0.2) is 0 Å². The summed E-state index contributed by atoms with van der Waals surface area (Å²) in [7, 11) is 0.909. The number of pyridine rings is 1. The maximum atomic E-state index is 12.6. The van der Waals surface area contributed by atoms with E-state index >= 15 is 0 Å². The van der Waals surface area contributed by atoms with Gasteiger partial charge in [-0.25, -0.2) is 13.8 Å². The highest BCUT2D eigenvalue weighted by molar-refractivity contribution is 14.1. The zero-order valence-electron chi connectivity index (χ0n) is 7.78. The third-order valence-electron chi connectivity index (χ3n) is 1.75. The van der Waals surface area contributed by atoms with E-state index in [9.17, 15) is 22.0 Å². The number of aromatic nitrogens is 1. The van der Waals surface area contributed by atoms with Crippen LogP contribution in [0.5, 0.6) is 5.75 Å². The Morgan fingerprint density at radius 1 is 1.38 bits per heavy atom. The quantitative estimate of drug-likeness (QED) is 0.460. The smallest absolute Gasteiger partial charge is 0.421 e. The van der Waals surface area contributed by atoms with E-state index in [1.165, 1.54) is 22.6 Å². The van der Waals surface area contributed by atoms with E-state index in [1.54, 1.807) is 0 Å². The molecule has 90 valence electrons. The topological polar surface area (TPSA) is 22.1 Å². The summed E-state index contributed by atoms with van der Waals surface area (Å²) in [5, 5.41) is 0. The van der Waals surface area contributed by atoms with Crippen LogP contribution in [0.4, 0.5) is 22.0 Å². The molecular formula is C8H5F5INO. The Kier molecular flexibility index (Phi) is 3.92. The molecule has 0 saturated heterocycles. The van der Waals surface area contributed by atoms with Crippen LogP contribution in [-0.4, -0.2) is 12.1 Å². The lowest BCUT2D eigenvalue weighted by Gasteiger charge is -2.15. The number of hydrogen-bond donors (Lipinski definition) is 0. The summed E-state index contributed by atoms with van der Waals surface area (Å²) < 4.78 is 66.6. The highest BCUT2D eigenvalue weighted by atomic mass is 127. The van der Waals surface area contributed by atoms with Gasteiger partial charge in [0.2, 0.25) is 0 Å². The monoisotopic (exact) mass is 353 g/mol. The van der Waals surface area contributed by atoms with Gasteiger partial charge in [-0.2, -0.15) is 13.2 Å². The van der Waals surface area contributed by atoms with Gasteiger partial charge in [0.05, 0.1) is 12.7 Å². The fourth-order valence-electron chi connectivity index (χ4n) is 1.10. The molecule has 1 heterocycles. The molecular weight excluding hydrogens is 348 g/mol. The summed E-state index contributed by atoms with van der Waals surface area (Å²) >= 11 is 1.43. The van der Waals surface area contributed by atoms with Crippen molar-refractivity contribution in [1.82, 2.24) is 4.98 Å². The van der Waals surface area contributed by atoms with E-state index in [0.717, 1.165) is 7.11 Å². The molecule has 0 N–H and O–H groups in total. The lowest BCUT2D eigenvalue weighted by atomic mass is 10.1. The molecule has 8 heteroatoms. The van der Waals surface area contributed by atoms with Gasteiger partial charge in [-0.15, -0.1) is 0 Å². The van der Waals surface area contributed by atoms with Gasteiger partial charge in [-0.05, 0) is 22.6 Å². The first-order chi connectivity index (χ1) is 7.29. The number of rotatable bonds is 2. The number of hydrogen-bond acceptors (Lipinski definition) is 2. The Morgan fingerprint density at radius 3 is 2.31 bits per heavy atom.